The summed E-state index contributed by atoms with van der Waals surface area (Å²) < 4.78 is 16.1. The monoisotopic (exact) mass is 338 g/mol. The number of para-hydroxylation sites is 1. The summed E-state index contributed by atoms with van der Waals surface area (Å²) in [6.45, 7) is 2.35. The van der Waals surface area contributed by atoms with Crippen molar-refractivity contribution >= 4 is 16.9 Å². The van der Waals surface area contributed by atoms with Crippen LogP contribution in [0.1, 0.15) is 23.0 Å². The van der Waals surface area contributed by atoms with Crippen LogP contribution >= 0.6 is 0 Å². The highest BCUT2D eigenvalue weighted by Gasteiger charge is 2.13. The molecule has 1 aromatic heterocycles. The Morgan fingerprint density at radius 1 is 1.04 bits per heavy atom. The highest BCUT2D eigenvalue weighted by atomic mass is 16.6. The lowest BCUT2D eigenvalue weighted by Gasteiger charge is -2.08. The minimum absolute atomic E-state index is 0.0612. The molecule has 0 atom stereocenters. The highest BCUT2D eigenvalue weighted by molar-refractivity contribution is 5.88. The van der Waals surface area contributed by atoms with Crippen LogP contribution in [0.4, 0.5) is 0 Å². The van der Waals surface area contributed by atoms with Gasteiger partial charge in [-0.15, -0.1) is 0 Å². The maximum atomic E-state index is 12.0. The van der Waals surface area contributed by atoms with Gasteiger partial charge in [0.25, 0.3) is 0 Å². The first kappa shape index (κ1) is 16.8. The van der Waals surface area contributed by atoms with Gasteiger partial charge in [-0.3, -0.25) is 4.79 Å². The zero-order chi connectivity index (χ0) is 17.6. The van der Waals surface area contributed by atoms with Crippen molar-refractivity contribution in [3.05, 3.63) is 76.1 Å². The molecule has 0 unspecified atom stereocenters. The number of ether oxygens (including phenoxy) is 2. The van der Waals surface area contributed by atoms with Crippen molar-refractivity contribution in [3.8, 4) is 5.75 Å². The van der Waals surface area contributed by atoms with Gasteiger partial charge in [0.1, 0.15) is 24.5 Å². The van der Waals surface area contributed by atoms with Crippen molar-refractivity contribution in [1.82, 2.24) is 0 Å². The predicted octanol–water partition coefficient (Wildman–Crippen LogP) is 3.59. The number of hydrogen-bond donors (Lipinski definition) is 0. The fraction of sp³-hybridized carbons (Fsp3) is 0.200. The Hall–Kier alpha value is -3.08. The lowest BCUT2D eigenvalue weighted by atomic mass is 10.2. The van der Waals surface area contributed by atoms with E-state index in [0.717, 1.165) is 18.2 Å². The zero-order valence-electron chi connectivity index (χ0n) is 13.9. The average molecular weight is 338 g/mol. The minimum atomic E-state index is -0.686. The van der Waals surface area contributed by atoms with Gasteiger partial charge in [0.05, 0.1) is 5.39 Å². The van der Waals surface area contributed by atoms with Crippen LogP contribution in [0.15, 0.2) is 63.8 Å². The Balaban J connectivity index is 1.58. The smallest absolute Gasteiger partial charge is 0.374 e. The molecule has 0 fully saturated rings. The minimum Gasteiger partial charge on any atom is -0.490 e. The number of esters is 1. The molecule has 0 aliphatic rings. The standard InChI is InChI=1S/C20H18O5/c1-2-14-6-5-7-15(12-14)23-10-11-24-20(22)19-13-17(21)16-8-3-4-9-18(16)25-19/h3-9,12-13H,2,10-11H2,1H3. The van der Waals surface area contributed by atoms with Crippen LogP contribution in [0.3, 0.4) is 0 Å². The summed E-state index contributed by atoms with van der Waals surface area (Å²) in [4.78, 5) is 24.0. The molecule has 2 aromatic carbocycles. The summed E-state index contributed by atoms with van der Waals surface area (Å²) in [6, 6.07) is 15.6. The van der Waals surface area contributed by atoms with Crippen LogP contribution < -0.4 is 10.2 Å². The molecule has 0 saturated carbocycles. The normalized spacial score (nSPS) is 10.6. The fourth-order valence-electron chi connectivity index (χ4n) is 2.42. The first-order chi connectivity index (χ1) is 12.2. The summed E-state index contributed by atoms with van der Waals surface area (Å²) in [6.07, 6.45) is 0.924. The van der Waals surface area contributed by atoms with Gasteiger partial charge in [0.15, 0.2) is 5.43 Å². The first-order valence-electron chi connectivity index (χ1n) is 8.09. The van der Waals surface area contributed by atoms with Gasteiger partial charge in [0, 0.05) is 6.07 Å². The van der Waals surface area contributed by atoms with Crippen LogP contribution in [0, 0.1) is 0 Å². The number of carbonyl (C=O) groups is 1. The summed E-state index contributed by atoms with van der Waals surface area (Å²) in [7, 11) is 0. The second-order valence-electron chi connectivity index (χ2n) is 5.46. The van der Waals surface area contributed by atoms with Crippen LogP contribution in [0.5, 0.6) is 5.75 Å². The Morgan fingerprint density at radius 3 is 2.72 bits per heavy atom. The Labute approximate surface area is 144 Å². The Bertz CT molecular complexity index is 942. The summed E-state index contributed by atoms with van der Waals surface area (Å²) in [5.41, 5.74) is 1.25. The quantitative estimate of drug-likeness (QED) is 0.507. The van der Waals surface area contributed by atoms with Crippen molar-refractivity contribution in [2.24, 2.45) is 0 Å². The van der Waals surface area contributed by atoms with Gasteiger partial charge < -0.3 is 13.9 Å². The van der Waals surface area contributed by atoms with Crippen molar-refractivity contribution in [1.29, 1.82) is 0 Å². The zero-order valence-corrected chi connectivity index (χ0v) is 13.9. The van der Waals surface area contributed by atoms with E-state index in [1.54, 1.807) is 24.3 Å². The molecule has 0 spiro atoms. The van der Waals surface area contributed by atoms with Gasteiger partial charge in [0.2, 0.25) is 5.76 Å². The molecule has 3 rings (SSSR count). The van der Waals surface area contributed by atoms with Crippen LogP contribution in [0.25, 0.3) is 11.0 Å². The van der Waals surface area contributed by atoms with Crippen molar-refractivity contribution in [2.75, 3.05) is 13.2 Å². The molecular formula is C20H18O5. The van der Waals surface area contributed by atoms with E-state index in [0.29, 0.717) is 11.0 Å². The molecule has 0 N–H and O–H groups in total. The molecule has 0 aliphatic carbocycles. The van der Waals surface area contributed by atoms with E-state index in [4.69, 9.17) is 13.9 Å². The van der Waals surface area contributed by atoms with Gasteiger partial charge >= 0.3 is 5.97 Å². The topological polar surface area (TPSA) is 65.7 Å². The molecule has 3 aromatic rings. The predicted molar refractivity (Wildman–Crippen MR) is 94.1 cm³/mol. The third kappa shape index (κ3) is 4.07. The van der Waals surface area contributed by atoms with Crippen LogP contribution in [-0.2, 0) is 11.2 Å². The SMILES string of the molecule is CCc1cccc(OCCOC(=O)c2cc(=O)c3ccccc3o2)c1. The van der Waals surface area contributed by atoms with E-state index in [2.05, 4.69) is 6.92 Å². The van der Waals surface area contributed by atoms with Crippen LogP contribution in [0.2, 0.25) is 0 Å². The third-order valence-corrected chi connectivity index (χ3v) is 3.73. The second-order valence-corrected chi connectivity index (χ2v) is 5.46. The van der Waals surface area contributed by atoms with E-state index in [1.165, 1.54) is 5.56 Å². The van der Waals surface area contributed by atoms with E-state index in [1.807, 2.05) is 24.3 Å². The number of rotatable bonds is 6. The molecule has 25 heavy (non-hydrogen) atoms. The summed E-state index contributed by atoms with van der Waals surface area (Å²) in [5.74, 6) is -0.0712. The van der Waals surface area contributed by atoms with E-state index >= 15 is 0 Å². The lowest BCUT2D eigenvalue weighted by Crippen LogP contribution is -2.14. The maximum Gasteiger partial charge on any atom is 0.374 e. The number of hydrogen-bond acceptors (Lipinski definition) is 5. The fourth-order valence-corrected chi connectivity index (χ4v) is 2.42. The number of fused-ring (bicyclic) bond motifs is 1. The number of benzene rings is 2. The van der Waals surface area contributed by atoms with E-state index < -0.39 is 5.97 Å². The van der Waals surface area contributed by atoms with Gasteiger partial charge in [-0.25, -0.2) is 4.79 Å². The molecule has 1 heterocycles. The van der Waals surface area contributed by atoms with Crippen molar-refractivity contribution < 1.29 is 18.7 Å². The molecule has 0 amide bonds. The van der Waals surface area contributed by atoms with Crippen molar-refractivity contribution in [3.63, 3.8) is 0 Å². The molecule has 0 aliphatic heterocycles. The van der Waals surface area contributed by atoms with E-state index in [-0.39, 0.29) is 24.4 Å². The Morgan fingerprint density at radius 2 is 1.88 bits per heavy atom. The molecule has 128 valence electrons. The molecule has 5 nitrogen and oxygen atoms in total. The molecule has 5 heteroatoms. The van der Waals surface area contributed by atoms with Crippen LogP contribution in [-0.4, -0.2) is 19.2 Å². The third-order valence-electron chi connectivity index (χ3n) is 3.73. The summed E-state index contributed by atoms with van der Waals surface area (Å²) >= 11 is 0. The summed E-state index contributed by atoms with van der Waals surface area (Å²) in [5, 5.41) is 0.429. The Kier molecular flexibility index (Phi) is 5.14. The average Bonchev–Trinajstić information content (AvgIpc) is 2.65. The highest BCUT2D eigenvalue weighted by Crippen LogP contribution is 2.14. The molecule has 0 saturated heterocycles. The molecular weight excluding hydrogens is 320 g/mol. The first-order valence-corrected chi connectivity index (χ1v) is 8.09. The van der Waals surface area contributed by atoms with Gasteiger partial charge in [-0.2, -0.15) is 0 Å². The van der Waals surface area contributed by atoms with Gasteiger partial charge in [-0.05, 0) is 36.2 Å². The number of aryl methyl sites for hydroxylation is 1. The molecule has 0 bridgehead atoms. The second kappa shape index (κ2) is 7.66. The maximum absolute atomic E-state index is 12.0. The number of carbonyl (C=O) groups excluding carboxylic acids is 1. The molecule has 0 radical (unpaired) electrons. The van der Waals surface area contributed by atoms with E-state index in [9.17, 15) is 9.59 Å². The van der Waals surface area contributed by atoms with Gasteiger partial charge in [-0.1, -0.05) is 31.2 Å². The van der Waals surface area contributed by atoms with Crippen molar-refractivity contribution in [2.45, 2.75) is 13.3 Å². The lowest BCUT2D eigenvalue weighted by molar-refractivity contribution is 0.0415. The largest absolute Gasteiger partial charge is 0.490 e.